The Bertz CT molecular complexity index is 7210. The summed E-state index contributed by atoms with van der Waals surface area (Å²) in [6, 6.07) is 57.0. The standard InChI is InChI=1S/C30H30N2O5S.C28H26N2O6S.C28H28N2O4S.C27H27N3O4S/c1-18(33)31-21-12-14-22(15-13-21)38(36,37)32-17-25(19-7-3-2-4-8-19)27-28(32)24-16-11-20-9-5-6-10-23(20)26(24)29(34)30(27)35;31-27-24-21-9-5-4-8-18(21)10-15-22(24)26-25(28(27)32)23(17-6-2-1-3-7-17)16-29(26)37(35,36)20-13-11-19(12-14-20)30(33)34;29-19-11-13-20(14-12-19)35(33,34)30-16-23(17-6-2-1-3-7-17)25-26(30)22-15-10-18-8-4-5-9-21(18)24(22)27(31)28(25)32;28-18-11-13-19(14-12-18)35(33,34)30-25-21-15-10-16-6-4-5-9-20(16)22(21)26(31)27(32)23(25)24(29-30)17-7-2-1-3-8-17/h2-4,7-8,11-15,17,23-24,26-28H,5-6,9-10,16H2,1H3,(H,31,33);1-3,6-7,10-14,16,21-22,24-26H,4-5,8-9,15H2;1-3,6-7,10-14,16,21-22,24-26H,4-5,8-9,15,29H2;1-3,7-8,10-14,20-23,25H,4-6,9,15,28H2. The van der Waals surface area contributed by atoms with Gasteiger partial charge < -0.3 is 16.8 Å². The van der Waals surface area contributed by atoms with E-state index in [0.717, 1.165) is 130 Å². The van der Waals surface area contributed by atoms with Crippen molar-refractivity contribution >= 4 is 137 Å². The molecule has 28 nitrogen and oxygen atoms in total. The van der Waals surface area contributed by atoms with Crippen LogP contribution in [0.2, 0.25) is 0 Å². The fourth-order valence-electron chi connectivity index (χ4n) is 27.2. The van der Waals surface area contributed by atoms with Crippen LogP contribution in [0.15, 0.2) is 308 Å². The first-order chi connectivity index (χ1) is 69.8. The Morgan fingerprint density at radius 3 is 0.924 bits per heavy atom. The molecule has 0 aromatic heterocycles. The number of non-ortho nitro benzene ring substituents is 1. The van der Waals surface area contributed by atoms with Crippen LogP contribution in [0.5, 0.6) is 0 Å². The van der Waals surface area contributed by atoms with Crippen LogP contribution in [0.3, 0.4) is 0 Å². The van der Waals surface area contributed by atoms with Gasteiger partial charge in [-0.1, -0.05) is 194 Å². The second kappa shape index (κ2) is 38.8. The van der Waals surface area contributed by atoms with Gasteiger partial charge in [-0.15, -0.1) is 0 Å². The second-order valence-electron chi connectivity index (χ2n) is 41.1. The van der Waals surface area contributed by atoms with Crippen molar-refractivity contribution in [2.75, 3.05) is 16.8 Å². The summed E-state index contributed by atoms with van der Waals surface area (Å²) in [7, 11) is -16.3. The Morgan fingerprint density at radius 1 is 0.345 bits per heavy atom. The molecule has 4 aliphatic heterocycles. The summed E-state index contributed by atoms with van der Waals surface area (Å²) in [6.45, 7) is 1.39. The number of nitro groups is 1. The number of sulfonamides is 4. The molecule has 746 valence electrons. The van der Waals surface area contributed by atoms with E-state index in [-0.39, 0.29) is 102 Å². The normalized spacial score (nSPS) is 29.5. The molecule has 12 aliphatic carbocycles. The van der Waals surface area contributed by atoms with Gasteiger partial charge in [0, 0.05) is 78.4 Å². The molecule has 8 aromatic rings. The lowest BCUT2D eigenvalue weighted by Crippen LogP contribution is -2.58. The van der Waals surface area contributed by atoms with Gasteiger partial charge in [0.2, 0.25) is 52.2 Å². The third-order valence-electron chi connectivity index (χ3n) is 33.5. The lowest BCUT2D eigenvalue weighted by molar-refractivity contribution is -0.384. The maximum absolute atomic E-state index is 14.1. The van der Waals surface area contributed by atoms with Gasteiger partial charge in [-0.2, -0.15) is 17.9 Å². The van der Waals surface area contributed by atoms with Crippen molar-refractivity contribution in [3.05, 3.63) is 316 Å². The number of fused-ring (bicyclic) bond motifs is 20. The fourth-order valence-corrected chi connectivity index (χ4v) is 33.4. The first-order valence-corrected chi connectivity index (χ1v) is 56.1. The highest BCUT2D eigenvalue weighted by molar-refractivity contribution is 7.90. The monoisotopic (exact) mass is 2030 g/mol. The van der Waals surface area contributed by atoms with Gasteiger partial charge in [-0.05, 0) is 274 Å². The zero-order valence-corrected chi connectivity index (χ0v) is 83.0. The van der Waals surface area contributed by atoms with Gasteiger partial charge in [-0.25, -0.2) is 25.3 Å². The molecule has 8 saturated carbocycles. The maximum atomic E-state index is 14.1. The maximum Gasteiger partial charge on any atom is 0.279 e. The van der Waals surface area contributed by atoms with Gasteiger partial charge in [-0.3, -0.25) is 66.2 Å². The zero-order valence-electron chi connectivity index (χ0n) is 79.7. The van der Waals surface area contributed by atoms with E-state index in [2.05, 4.69) is 34.7 Å². The van der Waals surface area contributed by atoms with Crippen molar-refractivity contribution in [3.63, 3.8) is 0 Å². The topological polar surface area (TPSA) is 423 Å². The number of allylic oxidation sites excluding steroid dienone is 8. The summed E-state index contributed by atoms with van der Waals surface area (Å²) in [5, 5.41) is 18.4. The molecule has 20 atom stereocenters. The number of carbonyl (C=O) groups is 9. The van der Waals surface area contributed by atoms with Gasteiger partial charge >= 0.3 is 0 Å². The molecule has 0 spiro atoms. The first-order valence-electron chi connectivity index (χ1n) is 50.3. The summed E-state index contributed by atoms with van der Waals surface area (Å²) in [5.74, 6) is -10.0. The van der Waals surface area contributed by atoms with Crippen molar-refractivity contribution in [3.8, 4) is 0 Å². The third-order valence-corrected chi connectivity index (χ3v) is 40.5. The average Bonchev–Trinajstić information content (AvgIpc) is 1.49. The molecule has 1 amide bonds. The Balaban J connectivity index is 0.000000114. The van der Waals surface area contributed by atoms with E-state index in [1.165, 1.54) is 109 Å². The number of nitrogens with two attached hydrogens (primary N) is 2. The van der Waals surface area contributed by atoms with E-state index in [1.807, 2.05) is 109 Å². The number of anilines is 3. The predicted molar refractivity (Wildman–Crippen MR) is 544 cm³/mol. The number of nitrogens with zero attached hydrogens (tertiary/aromatic N) is 6. The Labute approximate surface area is 842 Å². The number of carbonyl (C=O) groups excluding carboxylic acids is 9. The number of Topliss-reactive ketones (excluding diaryl/α,β-unsaturated/α-hetero) is 8. The summed E-state index contributed by atoms with van der Waals surface area (Å²) >= 11 is 0. The third kappa shape index (κ3) is 17.1. The second-order valence-corrected chi connectivity index (χ2v) is 48.4. The number of rotatable bonds is 14. The van der Waals surface area contributed by atoms with E-state index in [4.69, 9.17) is 11.5 Å². The minimum absolute atomic E-state index is 0.0155. The number of nitrogen functional groups attached to an aromatic ring is 2. The van der Waals surface area contributed by atoms with E-state index < -0.39 is 140 Å². The van der Waals surface area contributed by atoms with Crippen molar-refractivity contribution in [2.45, 2.75) is 179 Å². The van der Waals surface area contributed by atoms with Crippen LogP contribution >= 0.6 is 0 Å². The number of amides is 1. The molecule has 20 unspecified atom stereocenters. The Hall–Kier alpha value is -13.6. The molecule has 5 N–H and O–H groups in total. The van der Waals surface area contributed by atoms with Gasteiger partial charge in [0.25, 0.3) is 45.8 Å². The Morgan fingerprint density at radius 2 is 0.621 bits per heavy atom. The number of hydrazone groups is 1. The average molecular weight is 2030 g/mol. The van der Waals surface area contributed by atoms with E-state index in [9.17, 15) is 86.9 Å². The van der Waals surface area contributed by atoms with Gasteiger partial charge in [0.1, 0.15) is 0 Å². The van der Waals surface area contributed by atoms with Crippen LogP contribution in [0.4, 0.5) is 22.7 Å². The summed E-state index contributed by atoms with van der Waals surface area (Å²) in [4.78, 5) is 132. The lowest BCUT2D eigenvalue weighted by Gasteiger charge is -2.48. The van der Waals surface area contributed by atoms with Gasteiger partial charge in [0.15, 0.2) is 0 Å². The largest absolute Gasteiger partial charge is 0.399 e. The highest BCUT2D eigenvalue weighted by Crippen LogP contribution is 2.60. The lowest BCUT2D eigenvalue weighted by atomic mass is 9.57. The Kier molecular flexibility index (Phi) is 26.1. The molecule has 24 rings (SSSR count). The van der Waals surface area contributed by atoms with Crippen molar-refractivity contribution in [2.24, 2.45) is 99.8 Å². The molecule has 145 heavy (non-hydrogen) atoms. The number of hydrogen-bond acceptors (Lipinski definition) is 22. The number of nitro benzene ring substituents is 1. The summed E-state index contributed by atoms with van der Waals surface area (Å²) in [5.41, 5.74) is 22.7. The number of nitrogens with one attached hydrogen (secondary N) is 1. The van der Waals surface area contributed by atoms with Crippen LogP contribution in [0.1, 0.15) is 158 Å². The summed E-state index contributed by atoms with van der Waals surface area (Å²) < 4.78 is 117. The molecule has 8 fully saturated rings. The van der Waals surface area contributed by atoms with Crippen LogP contribution in [-0.4, -0.2) is 138 Å². The van der Waals surface area contributed by atoms with Crippen molar-refractivity contribution in [1.29, 1.82) is 0 Å². The smallest absolute Gasteiger partial charge is 0.279 e. The molecule has 0 bridgehead atoms. The molecule has 4 heterocycles. The predicted octanol–water partition coefficient (Wildman–Crippen LogP) is 16.9. The number of benzene rings is 8. The minimum atomic E-state index is -4.16. The molecular formula is C113H111N9O19S4. The molecular weight excluding hydrogens is 1920 g/mol. The van der Waals surface area contributed by atoms with Crippen LogP contribution in [0, 0.1) is 105 Å². The molecule has 32 heteroatoms. The minimum Gasteiger partial charge on any atom is -0.399 e. The number of ketones is 8. The molecule has 8 aromatic carbocycles. The summed E-state index contributed by atoms with van der Waals surface area (Å²) in [6.07, 6.45) is 31.4. The zero-order chi connectivity index (χ0) is 101. The molecule has 0 saturated heterocycles. The van der Waals surface area contributed by atoms with Crippen molar-refractivity contribution in [1.82, 2.24) is 17.3 Å². The van der Waals surface area contributed by atoms with Crippen LogP contribution in [0.25, 0.3) is 16.7 Å². The van der Waals surface area contributed by atoms with E-state index in [0.29, 0.717) is 76.3 Å². The van der Waals surface area contributed by atoms with E-state index >= 15 is 0 Å². The molecule has 16 aliphatic rings. The van der Waals surface area contributed by atoms with Gasteiger partial charge in [0.05, 0.1) is 78.1 Å². The first kappa shape index (κ1) is 97.5. The van der Waals surface area contributed by atoms with Crippen LogP contribution < -0.4 is 16.8 Å². The van der Waals surface area contributed by atoms with Crippen molar-refractivity contribution < 1.29 is 81.7 Å². The number of hydrogen-bond donors (Lipinski definition) is 3. The van der Waals surface area contributed by atoms with E-state index in [1.54, 1.807) is 48.8 Å². The highest BCUT2D eigenvalue weighted by Gasteiger charge is 2.66. The molecule has 0 radical (unpaired) electrons. The van der Waals surface area contributed by atoms with Crippen LogP contribution in [-0.2, 0) is 83.2 Å². The SMILES string of the molecule is CC(=O)Nc1ccc(S(=O)(=O)N2C=C(c3ccccc3)C3C(=O)C(=O)C4C5CCCCC5=CCC4C32)cc1.Nc1ccc(S(=O)(=O)N2C=C(c3ccccc3)C3C(=O)C(=O)C4C5CCCCC5=CCC4C32)cc1.Nc1ccc(S(=O)(=O)N2N=C(c3ccccc3)C3C(=O)C(=O)C4C5CCCCC5=CCC4C32)cc1.O=C1C(=O)C2C3CCCCC3=CCC2C2C1C(c1ccccc1)=CN2S(=O)(=O)c1ccc([N+](=O)[O-])cc1. The fraction of sp³-hybridized carbons (Fsp3) is 0.363. The highest BCUT2D eigenvalue weighted by atomic mass is 32.2. The quantitative estimate of drug-likeness (QED) is 0.0299.